The molecule has 0 spiro atoms. The normalized spacial score (nSPS) is 11.5. The molecule has 0 bridgehead atoms. The lowest BCUT2D eigenvalue weighted by Crippen LogP contribution is -2.14. The molecule has 2 heterocycles. The van der Waals surface area contributed by atoms with Crippen molar-refractivity contribution < 1.29 is 18.0 Å². The van der Waals surface area contributed by atoms with Gasteiger partial charge in [-0.15, -0.1) is 11.3 Å². The van der Waals surface area contributed by atoms with E-state index in [1.807, 2.05) is 25.1 Å². The van der Waals surface area contributed by atoms with Crippen LogP contribution in [0.5, 0.6) is 0 Å². The summed E-state index contributed by atoms with van der Waals surface area (Å²) in [6.45, 7) is 2.70. The monoisotopic (exact) mass is 456 g/mol. The smallest absolute Gasteiger partial charge is 0.368 e. The zero-order chi connectivity index (χ0) is 22.7. The summed E-state index contributed by atoms with van der Waals surface area (Å²) in [5.41, 5.74) is 1.57. The number of hydrogen-bond donors (Lipinski definition) is 2. The Hall–Kier alpha value is -3.46. The molecule has 0 aliphatic heterocycles. The van der Waals surface area contributed by atoms with E-state index in [1.165, 1.54) is 17.0 Å². The highest BCUT2D eigenvalue weighted by molar-refractivity contribution is 7.19. The van der Waals surface area contributed by atoms with Gasteiger partial charge in [0.25, 0.3) is 5.91 Å². The Morgan fingerprint density at radius 3 is 2.59 bits per heavy atom. The van der Waals surface area contributed by atoms with Crippen LogP contribution in [0.15, 0.2) is 60.9 Å². The van der Waals surface area contributed by atoms with Crippen molar-refractivity contribution >= 4 is 39.0 Å². The number of carbonyl (C=O) groups excluding carboxylic acids is 1. The quantitative estimate of drug-likeness (QED) is 0.378. The Labute approximate surface area is 186 Å². The summed E-state index contributed by atoms with van der Waals surface area (Å²) in [6, 6.07) is 13.6. The number of aryl methyl sites for hydroxylation is 1. The molecular formula is C23H19F3N4OS. The van der Waals surface area contributed by atoms with Crippen LogP contribution in [0.1, 0.15) is 26.4 Å². The molecule has 2 aromatic heterocycles. The van der Waals surface area contributed by atoms with Gasteiger partial charge in [-0.2, -0.15) is 13.2 Å². The molecule has 0 radical (unpaired) electrons. The lowest BCUT2D eigenvalue weighted by Gasteiger charge is -2.10. The molecule has 0 saturated carbocycles. The molecule has 0 atom stereocenters. The lowest BCUT2D eigenvalue weighted by molar-refractivity contribution is -0.137. The first-order valence-corrected chi connectivity index (χ1v) is 10.6. The van der Waals surface area contributed by atoms with Gasteiger partial charge in [-0.25, -0.2) is 9.97 Å². The van der Waals surface area contributed by atoms with Gasteiger partial charge in [-0.05, 0) is 55.3 Å². The van der Waals surface area contributed by atoms with Gasteiger partial charge in [-0.1, -0.05) is 18.2 Å². The fourth-order valence-electron chi connectivity index (χ4n) is 3.22. The minimum absolute atomic E-state index is 0.0481. The Morgan fingerprint density at radius 1 is 1.06 bits per heavy atom. The number of amides is 1. The number of anilines is 2. The average molecular weight is 456 g/mol. The van der Waals surface area contributed by atoms with Crippen molar-refractivity contribution in [1.29, 1.82) is 0 Å². The van der Waals surface area contributed by atoms with Gasteiger partial charge in [0.15, 0.2) is 0 Å². The molecular weight excluding hydrogens is 437 g/mol. The molecule has 2 N–H and O–H groups in total. The minimum Gasteiger partial charge on any atom is -0.368 e. The third-order valence-corrected chi connectivity index (χ3v) is 5.85. The second kappa shape index (κ2) is 8.96. The molecule has 32 heavy (non-hydrogen) atoms. The average Bonchev–Trinajstić information content (AvgIpc) is 3.15. The number of rotatable bonds is 6. The van der Waals surface area contributed by atoms with Gasteiger partial charge in [0, 0.05) is 22.7 Å². The molecule has 9 heteroatoms. The van der Waals surface area contributed by atoms with Crippen LogP contribution in [0.3, 0.4) is 0 Å². The molecule has 4 rings (SSSR count). The van der Waals surface area contributed by atoms with Crippen molar-refractivity contribution in [3.63, 3.8) is 0 Å². The highest BCUT2D eigenvalue weighted by Crippen LogP contribution is 2.30. The van der Waals surface area contributed by atoms with Crippen LogP contribution in [-0.2, 0) is 12.6 Å². The third-order valence-electron chi connectivity index (χ3n) is 4.80. The van der Waals surface area contributed by atoms with Crippen molar-refractivity contribution in [3.8, 4) is 0 Å². The number of benzene rings is 2. The van der Waals surface area contributed by atoms with E-state index in [4.69, 9.17) is 0 Å². The maximum atomic E-state index is 12.8. The van der Waals surface area contributed by atoms with Gasteiger partial charge < -0.3 is 10.6 Å². The summed E-state index contributed by atoms with van der Waals surface area (Å²) in [6.07, 6.45) is -2.22. The van der Waals surface area contributed by atoms with E-state index in [1.54, 1.807) is 29.8 Å². The predicted molar refractivity (Wildman–Crippen MR) is 120 cm³/mol. The van der Waals surface area contributed by atoms with Crippen LogP contribution in [0, 0.1) is 6.92 Å². The Bertz CT molecular complexity index is 1250. The molecule has 1 amide bonds. The number of alkyl halides is 3. The second-order valence-corrected chi connectivity index (χ2v) is 8.46. The van der Waals surface area contributed by atoms with E-state index in [2.05, 4.69) is 20.6 Å². The van der Waals surface area contributed by atoms with Gasteiger partial charge in [0.05, 0.1) is 15.8 Å². The fraction of sp³-hybridized carbons (Fsp3) is 0.174. The van der Waals surface area contributed by atoms with Crippen LogP contribution in [-0.4, -0.2) is 22.4 Å². The zero-order valence-corrected chi connectivity index (χ0v) is 17.8. The summed E-state index contributed by atoms with van der Waals surface area (Å²) in [5.74, 6) is 0.211. The molecule has 0 aliphatic carbocycles. The Kier molecular flexibility index (Phi) is 6.09. The molecule has 0 fully saturated rings. The van der Waals surface area contributed by atoms with Crippen molar-refractivity contribution in [1.82, 2.24) is 9.97 Å². The Morgan fingerprint density at radius 2 is 1.84 bits per heavy atom. The largest absolute Gasteiger partial charge is 0.416 e. The van der Waals surface area contributed by atoms with E-state index in [0.29, 0.717) is 12.2 Å². The first kappa shape index (κ1) is 21.8. The lowest BCUT2D eigenvalue weighted by atomic mass is 10.1. The number of thiophene rings is 1. The molecule has 5 nitrogen and oxygen atoms in total. The van der Waals surface area contributed by atoms with Crippen molar-refractivity contribution in [2.24, 2.45) is 0 Å². The number of fused-ring (bicyclic) bond motifs is 1. The second-order valence-electron chi connectivity index (χ2n) is 7.20. The first-order valence-electron chi connectivity index (χ1n) is 9.82. The van der Waals surface area contributed by atoms with E-state index in [9.17, 15) is 18.0 Å². The molecule has 2 aromatic carbocycles. The summed E-state index contributed by atoms with van der Waals surface area (Å²) < 4.78 is 39.6. The van der Waals surface area contributed by atoms with E-state index in [0.717, 1.165) is 40.2 Å². The molecule has 164 valence electrons. The van der Waals surface area contributed by atoms with E-state index in [-0.39, 0.29) is 5.56 Å². The van der Waals surface area contributed by atoms with E-state index >= 15 is 0 Å². The summed E-state index contributed by atoms with van der Waals surface area (Å²) >= 11 is 1.64. The van der Waals surface area contributed by atoms with Gasteiger partial charge in [0.2, 0.25) is 0 Å². The molecule has 0 unspecified atom stereocenters. The number of aromatic nitrogens is 2. The topological polar surface area (TPSA) is 66.9 Å². The Balaban J connectivity index is 1.34. The van der Waals surface area contributed by atoms with Crippen LogP contribution >= 0.6 is 11.3 Å². The number of hydrogen-bond acceptors (Lipinski definition) is 5. The summed E-state index contributed by atoms with van der Waals surface area (Å²) in [5, 5.41) is 5.96. The SMILES string of the molecule is Cc1cc2ncnc(NCCc3ccc(NC(=O)c4cccc(C(F)(F)F)c4)cc3)c2s1. The zero-order valence-electron chi connectivity index (χ0n) is 17.0. The molecule has 4 aromatic rings. The number of carbonyl (C=O) groups is 1. The number of nitrogens with one attached hydrogen (secondary N) is 2. The van der Waals surface area contributed by atoms with Crippen molar-refractivity contribution in [2.45, 2.75) is 19.5 Å². The maximum Gasteiger partial charge on any atom is 0.416 e. The highest BCUT2D eigenvalue weighted by Gasteiger charge is 2.30. The van der Waals surface area contributed by atoms with Crippen LogP contribution in [0.4, 0.5) is 24.7 Å². The van der Waals surface area contributed by atoms with Crippen LogP contribution in [0.25, 0.3) is 10.2 Å². The minimum atomic E-state index is -4.49. The van der Waals surface area contributed by atoms with Gasteiger partial charge in [-0.3, -0.25) is 4.79 Å². The maximum absolute atomic E-state index is 12.8. The van der Waals surface area contributed by atoms with Crippen molar-refractivity contribution in [3.05, 3.63) is 82.5 Å². The third kappa shape index (κ3) is 5.05. The van der Waals surface area contributed by atoms with Gasteiger partial charge in [0.1, 0.15) is 12.1 Å². The van der Waals surface area contributed by atoms with Gasteiger partial charge >= 0.3 is 6.18 Å². The van der Waals surface area contributed by atoms with E-state index < -0.39 is 17.6 Å². The van der Waals surface area contributed by atoms with Crippen LogP contribution in [0.2, 0.25) is 0 Å². The molecule has 0 aliphatic rings. The fourth-order valence-corrected chi connectivity index (χ4v) is 4.15. The number of nitrogens with zero attached hydrogens (tertiary/aromatic N) is 2. The summed E-state index contributed by atoms with van der Waals surface area (Å²) in [7, 11) is 0. The summed E-state index contributed by atoms with van der Waals surface area (Å²) in [4.78, 5) is 22.1. The number of halogens is 3. The predicted octanol–water partition coefficient (Wildman–Crippen LogP) is 5.93. The molecule has 0 saturated heterocycles. The first-order chi connectivity index (χ1) is 15.3. The highest BCUT2D eigenvalue weighted by atomic mass is 32.1. The standard InChI is InChI=1S/C23H19F3N4OS/c1-14-11-19-20(32-14)21(29-13-28-19)27-10-9-15-5-7-18(8-6-15)30-22(31)16-3-2-4-17(12-16)23(24,25)26/h2-8,11-13H,9-10H2,1H3,(H,30,31)(H,27,28,29). The van der Waals surface area contributed by atoms with Crippen molar-refractivity contribution in [2.75, 3.05) is 17.2 Å². The van der Waals surface area contributed by atoms with Crippen LogP contribution < -0.4 is 10.6 Å².